The number of nitrogens with zero attached hydrogens (tertiary/aromatic N) is 1. The second-order valence-electron chi connectivity index (χ2n) is 7.48. The largest absolute Gasteiger partial charge is 0.460 e. The molecule has 3 aromatic carbocycles. The van der Waals surface area contributed by atoms with Crippen LogP contribution in [0.15, 0.2) is 84.9 Å². The van der Waals surface area contributed by atoms with E-state index >= 15 is 0 Å². The van der Waals surface area contributed by atoms with Crippen LogP contribution >= 0.6 is 0 Å². The molecule has 5 rings (SSSR count). The molecule has 150 valence electrons. The third-order valence-electron chi connectivity index (χ3n) is 5.81. The number of amides is 1. The van der Waals surface area contributed by atoms with Gasteiger partial charge in [0, 0.05) is 17.7 Å². The van der Waals surface area contributed by atoms with Gasteiger partial charge >= 0.3 is 5.97 Å². The lowest BCUT2D eigenvalue weighted by molar-refractivity contribution is -0.163. The van der Waals surface area contributed by atoms with E-state index in [1.54, 1.807) is 11.0 Å². The average molecular weight is 399 g/mol. The van der Waals surface area contributed by atoms with Gasteiger partial charge in [-0.1, -0.05) is 78.9 Å². The molecule has 0 aromatic heterocycles. The Balaban J connectivity index is 1.59. The molecule has 2 atom stereocenters. The maximum Gasteiger partial charge on any atom is 0.319 e. The molecule has 0 N–H and O–H groups in total. The average Bonchev–Trinajstić information content (AvgIpc) is 3.32. The van der Waals surface area contributed by atoms with Crippen LogP contribution in [0.3, 0.4) is 0 Å². The quantitative estimate of drug-likeness (QED) is 0.612. The highest BCUT2D eigenvalue weighted by molar-refractivity contribution is 6.01. The third-order valence-corrected chi connectivity index (χ3v) is 5.81. The SMILES string of the molecule is O=C(OCc1ccccc1)C(c1ccccc1)C12OCCN1C(=O)c1ccccc12. The zero-order valence-corrected chi connectivity index (χ0v) is 16.4. The first kappa shape index (κ1) is 18.6. The minimum Gasteiger partial charge on any atom is -0.460 e. The molecule has 5 nitrogen and oxygen atoms in total. The van der Waals surface area contributed by atoms with Crippen LogP contribution in [0.4, 0.5) is 0 Å². The number of hydrogen-bond donors (Lipinski definition) is 0. The van der Waals surface area contributed by atoms with Crippen molar-refractivity contribution >= 4 is 11.9 Å². The molecule has 3 aromatic rings. The van der Waals surface area contributed by atoms with E-state index in [2.05, 4.69) is 0 Å². The van der Waals surface area contributed by atoms with Crippen molar-refractivity contribution in [3.05, 3.63) is 107 Å². The fraction of sp³-hybridized carbons (Fsp3) is 0.200. The van der Waals surface area contributed by atoms with Gasteiger partial charge in [-0.3, -0.25) is 9.59 Å². The Morgan fingerprint density at radius 2 is 1.63 bits per heavy atom. The van der Waals surface area contributed by atoms with Gasteiger partial charge in [0.2, 0.25) is 0 Å². The van der Waals surface area contributed by atoms with E-state index in [9.17, 15) is 9.59 Å². The Morgan fingerprint density at radius 3 is 2.40 bits per heavy atom. The molecule has 2 aliphatic rings. The molecular weight excluding hydrogens is 378 g/mol. The van der Waals surface area contributed by atoms with E-state index in [4.69, 9.17) is 9.47 Å². The van der Waals surface area contributed by atoms with Crippen molar-refractivity contribution in [2.45, 2.75) is 18.2 Å². The lowest BCUT2D eigenvalue weighted by atomic mass is 9.83. The minimum atomic E-state index is -1.19. The first-order valence-electron chi connectivity index (χ1n) is 10.0. The Labute approximate surface area is 174 Å². The maximum atomic E-state index is 13.5. The van der Waals surface area contributed by atoms with Crippen molar-refractivity contribution in [3.63, 3.8) is 0 Å². The van der Waals surface area contributed by atoms with Gasteiger partial charge < -0.3 is 14.4 Å². The molecule has 0 saturated carbocycles. The van der Waals surface area contributed by atoms with Crippen molar-refractivity contribution < 1.29 is 19.1 Å². The number of hydrogen-bond acceptors (Lipinski definition) is 4. The zero-order chi connectivity index (χ0) is 20.6. The van der Waals surface area contributed by atoms with Crippen molar-refractivity contribution in [1.29, 1.82) is 0 Å². The standard InChI is InChI=1S/C25H21NO4/c27-23-20-13-7-8-14-21(20)25(26(23)15-16-30-25)22(19-11-5-2-6-12-19)24(28)29-17-18-9-3-1-4-10-18/h1-14,22H,15-17H2. The van der Waals surface area contributed by atoms with Gasteiger partial charge in [0.15, 0.2) is 5.72 Å². The Morgan fingerprint density at radius 1 is 0.967 bits per heavy atom. The summed E-state index contributed by atoms with van der Waals surface area (Å²) >= 11 is 0. The fourth-order valence-corrected chi connectivity index (χ4v) is 4.51. The minimum absolute atomic E-state index is 0.111. The number of carbonyl (C=O) groups is 2. The van der Waals surface area contributed by atoms with Gasteiger partial charge in [-0.15, -0.1) is 0 Å². The molecular formula is C25H21NO4. The summed E-state index contributed by atoms with van der Waals surface area (Å²) in [7, 11) is 0. The molecule has 0 radical (unpaired) electrons. The summed E-state index contributed by atoms with van der Waals surface area (Å²) in [6.07, 6.45) is 0. The molecule has 2 heterocycles. The van der Waals surface area contributed by atoms with Crippen LogP contribution in [0.2, 0.25) is 0 Å². The summed E-state index contributed by atoms with van der Waals surface area (Å²) in [5.74, 6) is -1.32. The lowest BCUT2D eigenvalue weighted by Gasteiger charge is -2.37. The Bertz CT molecular complexity index is 1080. The van der Waals surface area contributed by atoms with Gasteiger partial charge in [-0.05, 0) is 17.2 Å². The molecule has 0 aliphatic carbocycles. The highest BCUT2D eigenvalue weighted by Crippen LogP contribution is 2.52. The topological polar surface area (TPSA) is 55.8 Å². The van der Waals surface area contributed by atoms with Gasteiger partial charge in [0.25, 0.3) is 5.91 Å². The van der Waals surface area contributed by atoms with E-state index in [1.807, 2.05) is 78.9 Å². The molecule has 2 aliphatic heterocycles. The number of ether oxygens (including phenoxy) is 2. The number of carbonyl (C=O) groups excluding carboxylic acids is 2. The predicted octanol–water partition coefficient (Wildman–Crippen LogP) is 3.85. The molecule has 2 unspecified atom stereocenters. The van der Waals surface area contributed by atoms with Crippen LogP contribution in [0.5, 0.6) is 0 Å². The van der Waals surface area contributed by atoms with E-state index in [-0.39, 0.29) is 12.5 Å². The number of fused-ring (bicyclic) bond motifs is 3. The van der Waals surface area contributed by atoms with Gasteiger partial charge in [-0.2, -0.15) is 0 Å². The molecule has 0 bridgehead atoms. The number of esters is 1. The number of rotatable bonds is 5. The Hall–Kier alpha value is -3.44. The van der Waals surface area contributed by atoms with Crippen molar-refractivity contribution in [3.8, 4) is 0 Å². The molecule has 1 saturated heterocycles. The molecule has 30 heavy (non-hydrogen) atoms. The van der Waals surface area contributed by atoms with Crippen molar-refractivity contribution in [1.82, 2.24) is 4.90 Å². The van der Waals surface area contributed by atoms with Crippen LogP contribution in [0, 0.1) is 0 Å². The van der Waals surface area contributed by atoms with Crippen LogP contribution < -0.4 is 0 Å². The molecule has 1 fully saturated rings. The van der Waals surface area contributed by atoms with E-state index in [0.717, 1.165) is 16.7 Å². The van der Waals surface area contributed by atoms with Crippen LogP contribution in [-0.4, -0.2) is 29.9 Å². The second kappa shape index (κ2) is 7.43. The monoisotopic (exact) mass is 399 g/mol. The van der Waals surface area contributed by atoms with Crippen LogP contribution in [0.1, 0.15) is 33.0 Å². The molecule has 0 spiro atoms. The van der Waals surface area contributed by atoms with Crippen LogP contribution in [-0.2, 0) is 26.6 Å². The summed E-state index contributed by atoms with van der Waals surface area (Å²) in [6, 6.07) is 26.3. The lowest BCUT2D eigenvalue weighted by Crippen LogP contribution is -2.47. The highest BCUT2D eigenvalue weighted by Gasteiger charge is 2.61. The van der Waals surface area contributed by atoms with Crippen molar-refractivity contribution in [2.75, 3.05) is 13.2 Å². The Kier molecular flexibility index (Phi) is 4.60. The second-order valence-corrected chi connectivity index (χ2v) is 7.48. The zero-order valence-electron chi connectivity index (χ0n) is 16.4. The summed E-state index contributed by atoms with van der Waals surface area (Å²) < 4.78 is 12.0. The molecule has 5 heteroatoms. The predicted molar refractivity (Wildman–Crippen MR) is 111 cm³/mol. The molecule has 1 amide bonds. The van der Waals surface area contributed by atoms with Gasteiger partial charge in [-0.25, -0.2) is 0 Å². The maximum absolute atomic E-state index is 13.5. The number of benzene rings is 3. The first-order chi connectivity index (χ1) is 14.7. The normalized spacial score (nSPS) is 20.5. The third kappa shape index (κ3) is 2.82. The van der Waals surface area contributed by atoms with Gasteiger partial charge in [0.05, 0.1) is 6.61 Å². The highest BCUT2D eigenvalue weighted by atomic mass is 16.6. The van der Waals surface area contributed by atoms with Crippen LogP contribution in [0.25, 0.3) is 0 Å². The summed E-state index contributed by atoms with van der Waals surface area (Å²) in [5, 5.41) is 0. The first-order valence-corrected chi connectivity index (χ1v) is 10.0. The van der Waals surface area contributed by atoms with Crippen molar-refractivity contribution in [2.24, 2.45) is 0 Å². The smallest absolute Gasteiger partial charge is 0.319 e. The van der Waals surface area contributed by atoms with E-state index < -0.39 is 17.6 Å². The van der Waals surface area contributed by atoms with Gasteiger partial charge in [0.1, 0.15) is 12.5 Å². The summed E-state index contributed by atoms with van der Waals surface area (Å²) in [6.45, 7) is 0.965. The summed E-state index contributed by atoms with van der Waals surface area (Å²) in [4.78, 5) is 28.3. The van der Waals surface area contributed by atoms with E-state index in [0.29, 0.717) is 18.7 Å². The van der Waals surface area contributed by atoms with E-state index in [1.165, 1.54) is 0 Å². The summed E-state index contributed by atoms with van der Waals surface area (Å²) in [5.41, 5.74) is 1.77. The fourth-order valence-electron chi connectivity index (χ4n) is 4.51.